The van der Waals surface area contributed by atoms with Crippen LogP contribution in [0.1, 0.15) is 25.8 Å². The first-order chi connectivity index (χ1) is 20.3. The Morgan fingerprint density at radius 2 is 1.67 bits per heavy atom. The number of para-hydroxylation sites is 3. The highest BCUT2D eigenvalue weighted by molar-refractivity contribution is 7.89. The summed E-state index contributed by atoms with van der Waals surface area (Å²) in [7, 11) is -3.68. The quantitative estimate of drug-likeness (QED) is 0.281. The average Bonchev–Trinajstić information content (AvgIpc) is 3.66. The summed E-state index contributed by atoms with van der Waals surface area (Å²) in [4.78, 5) is 19.0. The van der Waals surface area contributed by atoms with Gasteiger partial charge in [-0.2, -0.15) is 9.40 Å². The monoisotopic (exact) mass is 595 g/mol. The van der Waals surface area contributed by atoms with Crippen LogP contribution in [0.5, 0.6) is 0 Å². The normalized spacial score (nSPS) is 18.8. The molecule has 0 amide bonds. The van der Waals surface area contributed by atoms with Gasteiger partial charge >= 0.3 is 0 Å². The molecular formula is C32H29N5O3S2. The van der Waals surface area contributed by atoms with Crippen molar-refractivity contribution in [3.05, 3.63) is 106 Å². The van der Waals surface area contributed by atoms with Crippen molar-refractivity contribution in [3.63, 3.8) is 0 Å². The molecule has 0 saturated carbocycles. The summed E-state index contributed by atoms with van der Waals surface area (Å²) in [5.41, 5.74) is 4.22. The molecule has 8 nitrogen and oxygen atoms in total. The van der Waals surface area contributed by atoms with Crippen molar-refractivity contribution in [2.75, 3.05) is 13.1 Å². The number of hydrogen-bond acceptors (Lipinski definition) is 6. The fourth-order valence-corrected chi connectivity index (χ4v) is 8.64. The van der Waals surface area contributed by atoms with E-state index in [4.69, 9.17) is 5.10 Å². The Morgan fingerprint density at radius 3 is 2.45 bits per heavy atom. The Balaban J connectivity index is 1.37. The molecule has 0 radical (unpaired) electrons. The molecule has 1 fully saturated rings. The van der Waals surface area contributed by atoms with Crippen molar-refractivity contribution in [1.29, 1.82) is 0 Å². The molecule has 7 rings (SSSR count). The van der Waals surface area contributed by atoms with Crippen molar-refractivity contribution < 1.29 is 8.42 Å². The molecule has 10 heteroatoms. The first kappa shape index (κ1) is 26.8. The Kier molecular flexibility index (Phi) is 6.56. The van der Waals surface area contributed by atoms with Crippen molar-refractivity contribution >= 4 is 43.4 Å². The number of nitrogens with zero attached hydrogens (tertiary/aromatic N) is 5. The predicted molar refractivity (Wildman–Crippen MR) is 166 cm³/mol. The minimum absolute atomic E-state index is 0.147. The van der Waals surface area contributed by atoms with Crippen LogP contribution in [0, 0.1) is 11.8 Å². The van der Waals surface area contributed by atoms with Crippen LogP contribution in [0.4, 0.5) is 0 Å². The van der Waals surface area contributed by atoms with E-state index in [2.05, 4.69) is 18.8 Å². The van der Waals surface area contributed by atoms with Gasteiger partial charge in [-0.05, 0) is 60.7 Å². The lowest BCUT2D eigenvalue weighted by Crippen LogP contribution is -2.42. The third-order valence-electron chi connectivity index (χ3n) is 7.78. The van der Waals surface area contributed by atoms with Crippen LogP contribution in [0.15, 0.2) is 94.7 Å². The standard InChI is InChI=1S/C32H29N5O3S2/c1-21-15-22(2)19-35(18-21)42(39,40)26-12-8-9-23(16-26)30-24(20-36(34-30)25-10-4-3-5-11-25)17-29-31(38)37-28-14-7-6-13-27(28)33-32(37)41-29/h3-14,16-17,20-22H,15,18-19H2,1-2H3. The smallest absolute Gasteiger partial charge is 0.267 e. The lowest BCUT2D eigenvalue weighted by molar-refractivity contribution is 0.222. The number of sulfonamides is 1. The van der Waals surface area contributed by atoms with Crippen molar-refractivity contribution in [1.82, 2.24) is 23.5 Å². The topological polar surface area (TPSA) is 89.6 Å². The van der Waals surface area contributed by atoms with Crippen LogP contribution in [0.25, 0.3) is 39.0 Å². The van der Waals surface area contributed by atoms with Gasteiger partial charge in [-0.1, -0.05) is 67.6 Å². The summed E-state index contributed by atoms with van der Waals surface area (Å²) in [5, 5.41) is 4.88. The lowest BCUT2D eigenvalue weighted by Gasteiger charge is -2.34. The molecule has 1 aliphatic heterocycles. The molecule has 1 saturated heterocycles. The van der Waals surface area contributed by atoms with Gasteiger partial charge in [-0.15, -0.1) is 0 Å². The molecule has 2 unspecified atom stereocenters. The number of thiazole rings is 1. The fourth-order valence-electron chi connectivity index (χ4n) is 5.94. The molecule has 42 heavy (non-hydrogen) atoms. The number of imidazole rings is 1. The number of rotatable bonds is 5. The maximum Gasteiger partial charge on any atom is 0.274 e. The highest BCUT2D eigenvalue weighted by Gasteiger charge is 2.32. The summed E-state index contributed by atoms with van der Waals surface area (Å²) in [5.74, 6) is 0.611. The number of piperidine rings is 1. The predicted octanol–water partition coefficient (Wildman–Crippen LogP) is 4.98. The maximum absolute atomic E-state index is 13.7. The van der Waals surface area contributed by atoms with Crippen molar-refractivity contribution in [3.8, 4) is 16.9 Å². The molecule has 212 valence electrons. The number of aromatic nitrogens is 4. The van der Waals surface area contributed by atoms with Gasteiger partial charge in [0.25, 0.3) is 5.56 Å². The van der Waals surface area contributed by atoms with Crippen LogP contribution < -0.4 is 10.1 Å². The molecule has 3 aromatic heterocycles. The van der Waals surface area contributed by atoms with Gasteiger partial charge < -0.3 is 0 Å². The van der Waals surface area contributed by atoms with Crippen LogP contribution in [-0.2, 0) is 10.0 Å². The second kappa shape index (κ2) is 10.3. The number of hydrogen-bond donors (Lipinski definition) is 0. The van der Waals surface area contributed by atoms with Gasteiger partial charge in [-0.3, -0.25) is 4.79 Å². The van der Waals surface area contributed by atoms with Gasteiger partial charge in [-0.25, -0.2) is 22.5 Å². The Hall–Kier alpha value is -4.12. The largest absolute Gasteiger partial charge is 0.274 e. The summed E-state index contributed by atoms with van der Waals surface area (Å²) in [6.07, 6.45) is 4.72. The van der Waals surface area contributed by atoms with Gasteiger partial charge in [0.05, 0.1) is 26.1 Å². The third kappa shape index (κ3) is 4.65. The Bertz CT molecular complexity index is 2160. The molecule has 0 N–H and O–H groups in total. The summed E-state index contributed by atoms with van der Waals surface area (Å²) < 4.78 is 33.0. The number of benzene rings is 3. The second-order valence-corrected chi connectivity index (χ2v) is 14.1. The third-order valence-corrected chi connectivity index (χ3v) is 10.6. The molecule has 1 aliphatic rings. The van der Waals surface area contributed by atoms with Gasteiger partial charge in [0, 0.05) is 30.4 Å². The minimum atomic E-state index is -3.68. The summed E-state index contributed by atoms with van der Waals surface area (Å²) in [6.45, 7) is 5.23. The number of fused-ring (bicyclic) bond motifs is 3. The molecule has 2 atom stereocenters. The van der Waals surface area contributed by atoms with E-state index in [-0.39, 0.29) is 10.5 Å². The molecular weight excluding hydrogens is 567 g/mol. The first-order valence-corrected chi connectivity index (χ1v) is 16.2. The molecule has 3 aromatic carbocycles. The summed E-state index contributed by atoms with van der Waals surface area (Å²) in [6, 6.07) is 24.3. The van der Waals surface area contributed by atoms with Gasteiger partial charge in [0.1, 0.15) is 5.69 Å². The SMILES string of the molecule is CC1CC(C)CN(S(=O)(=O)c2cccc(-c3nn(-c4ccccc4)cc3C=c3sc4nc5ccccc5n4c3=O)c2)C1. The van der Waals surface area contributed by atoms with E-state index in [0.717, 1.165) is 23.1 Å². The lowest BCUT2D eigenvalue weighted by atomic mass is 9.94. The van der Waals surface area contributed by atoms with E-state index in [1.165, 1.54) is 11.3 Å². The van der Waals surface area contributed by atoms with Crippen LogP contribution >= 0.6 is 11.3 Å². The molecule has 0 bridgehead atoms. The van der Waals surface area contributed by atoms with E-state index < -0.39 is 10.0 Å². The second-order valence-electron chi connectivity index (χ2n) is 11.1. The minimum Gasteiger partial charge on any atom is -0.267 e. The maximum atomic E-state index is 13.7. The fraction of sp³-hybridized carbons (Fsp3) is 0.219. The average molecular weight is 596 g/mol. The van der Waals surface area contributed by atoms with Gasteiger partial charge in [0.2, 0.25) is 10.0 Å². The first-order valence-electron chi connectivity index (χ1n) is 14.0. The molecule has 4 heterocycles. The van der Waals surface area contributed by atoms with E-state index in [0.29, 0.717) is 51.2 Å². The van der Waals surface area contributed by atoms with E-state index >= 15 is 0 Å². The molecule has 0 aliphatic carbocycles. The van der Waals surface area contributed by atoms with E-state index in [9.17, 15) is 13.2 Å². The van der Waals surface area contributed by atoms with Crippen LogP contribution in [0.2, 0.25) is 0 Å². The highest BCUT2D eigenvalue weighted by atomic mass is 32.2. The molecule has 6 aromatic rings. The van der Waals surface area contributed by atoms with Crippen molar-refractivity contribution in [2.45, 2.75) is 25.2 Å². The Labute approximate surface area is 247 Å². The highest BCUT2D eigenvalue weighted by Crippen LogP contribution is 2.30. The van der Waals surface area contributed by atoms with Gasteiger partial charge in [0.15, 0.2) is 4.96 Å². The van der Waals surface area contributed by atoms with Crippen LogP contribution in [0.3, 0.4) is 0 Å². The van der Waals surface area contributed by atoms with Crippen molar-refractivity contribution in [2.24, 2.45) is 11.8 Å². The van der Waals surface area contributed by atoms with Crippen LogP contribution in [-0.4, -0.2) is 45.0 Å². The summed E-state index contributed by atoms with van der Waals surface area (Å²) >= 11 is 1.32. The Morgan fingerprint density at radius 1 is 0.929 bits per heavy atom. The van der Waals surface area contributed by atoms with E-state index in [1.54, 1.807) is 31.6 Å². The zero-order valence-corrected chi connectivity index (χ0v) is 24.8. The zero-order chi connectivity index (χ0) is 29.0. The zero-order valence-electron chi connectivity index (χ0n) is 23.2. The molecule has 0 spiro atoms. The van der Waals surface area contributed by atoms with E-state index in [1.807, 2.05) is 72.9 Å².